The third-order valence-corrected chi connectivity index (χ3v) is 5.54. The Labute approximate surface area is 122 Å². The Balaban J connectivity index is 2.83. The zero-order valence-corrected chi connectivity index (χ0v) is 13.8. The van der Waals surface area contributed by atoms with Gasteiger partial charge in [-0.15, -0.1) is 0 Å². The van der Waals surface area contributed by atoms with Gasteiger partial charge in [0.1, 0.15) is 4.90 Å². The minimum Gasteiger partial charge on any atom is -0.320 e. The van der Waals surface area contributed by atoms with Gasteiger partial charge in [0.05, 0.1) is 6.20 Å². The number of nitrogens with zero attached hydrogens (tertiary/aromatic N) is 3. The highest BCUT2D eigenvalue weighted by atomic mass is 32.2. The van der Waals surface area contributed by atoms with Crippen molar-refractivity contribution in [3.05, 3.63) is 12.4 Å². The summed E-state index contributed by atoms with van der Waals surface area (Å²) in [5.74, 6) is 0.264. The van der Waals surface area contributed by atoms with Crippen molar-refractivity contribution < 1.29 is 8.42 Å². The first kappa shape index (κ1) is 17.1. The van der Waals surface area contributed by atoms with Crippen LogP contribution in [0.1, 0.15) is 27.2 Å². The van der Waals surface area contributed by atoms with Crippen molar-refractivity contribution in [2.45, 2.75) is 44.7 Å². The normalized spacial score (nSPS) is 14.2. The van der Waals surface area contributed by atoms with Crippen LogP contribution in [0.4, 0.5) is 0 Å². The van der Waals surface area contributed by atoms with Crippen molar-refractivity contribution >= 4 is 10.0 Å². The number of sulfonamides is 1. The quantitative estimate of drug-likeness (QED) is 0.732. The average Bonchev–Trinajstić information content (AvgIpc) is 2.86. The molecule has 0 fully saturated rings. The van der Waals surface area contributed by atoms with Crippen LogP contribution in [0.3, 0.4) is 0 Å². The lowest BCUT2D eigenvalue weighted by atomic mass is 10.1. The second-order valence-electron chi connectivity index (χ2n) is 5.40. The fourth-order valence-corrected chi connectivity index (χ4v) is 3.27. The summed E-state index contributed by atoms with van der Waals surface area (Å²) in [4.78, 5) is 0.261. The van der Waals surface area contributed by atoms with Crippen molar-refractivity contribution in [1.29, 1.82) is 0 Å². The molecule has 1 N–H and O–H groups in total. The van der Waals surface area contributed by atoms with Gasteiger partial charge in [0.2, 0.25) is 10.0 Å². The zero-order chi connectivity index (χ0) is 15.3. The molecule has 1 heterocycles. The highest BCUT2D eigenvalue weighted by Crippen LogP contribution is 2.19. The molecule has 0 radical (unpaired) electrons. The van der Waals surface area contributed by atoms with E-state index in [1.54, 1.807) is 17.9 Å². The van der Waals surface area contributed by atoms with Crippen molar-refractivity contribution in [2.75, 3.05) is 20.6 Å². The monoisotopic (exact) mass is 302 g/mol. The number of hydrogen-bond acceptors (Lipinski definition) is 4. The standard InChI is InChI=1S/C13H26N4O2S/c1-11(2)12(3)16(5)20(18,19)13-9-15-17(10-13)8-6-7-14-4/h9-12,14H,6-8H2,1-5H3. The molecule has 116 valence electrons. The Morgan fingerprint density at radius 2 is 2.05 bits per heavy atom. The predicted octanol–water partition coefficient (Wildman–Crippen LogP) is 1.16. The molecule has 1 aromatic heterocycles. The highest BCUT2D eigenvalue weighted by Gasteiger charge is 2.28. The number of aryl methyl sites for hydroxylation is 1. The summed E-state index contributed by atoms with van der Waals surface area (Å²) < 4.78 is 28.1. The second-order valence-corrected chi connectivity index (χ2v) is 7.40. The lowest BCUT2D eigenvalue weighted by molar-refractivity contribution is 0.315. The Bertz CT molecular complexity index is 510. The maximum absolute atomic E-state index is 12.5. The minimum absolute atomic E-state index is 0.0485. The van der Waals surface area contributed by atoms with Gasteiger partial charge in [-0.2, -0.15) is 9.40 Å². The second kappa shape index (κ2) is 7.19. The van der Waals surface area contributed by atoms with Crippen molar-refractivity contribution in [3.63, 3.8) is 0 Å². The molecule has 0 saturated carbocycles. The molecule has 0 aliphatic rings. The minimum atomic E-state index is -3.46. The summed E-state index contributed by atoms with van der Waals surface area (Å²) >= 11 is 0. The lowest BCUT2D eigenvalue weighted by Gasteiger charge is -2.26. The van der Waals surface area contributed by atoms with Crippen LogP contribution in [-0.2, 0) is 16.6 Å². The summed E-state index contributed by atoms with van der Waals surface area (Å²) in [6.45, 7) is 7.53. The van der Waals surface area contributed by atoms with Crippen molar-refractivity contribution in [2.24, 2.45) is 5.92 Å². The van der Waals surface area contributed by atoms with Gasteiger partial charge in [0, 0.05) is 25.8 Å². The molecule has 0 saturated heterocycles. The van der Waals surface area contributed by atoms with E-state index in [0.29, 0.717) is 6.54 Å². The van der Waals surface area contributed by atoms with E-state index in [-0.39, 0.29) is 16.9 Å². The topological polar surface area (TPSA) is 67.2 Å². The summed E-state index contributed by atoms with van der Waals surface area (Å²) in [5, 5.41) is 7.18. The van der Waals surface area contributed by atoms with E-state index in [4.69, 9.17) is 0 Å². The molecule has 7 heteroatoms. The van der Waals surface area contributed by atoms with Crippen LogP contribution in [-0.4, -0.2) is 49.2 Å². The fourth-order valence-electron chi connectivity index (χ4n) is 1.82. The van der Waals surface area contributed by atoms with Gasteiger partial charge in [0.25, 0.3) is 0 Å². The number of aromatic nitrogens is 2. The first-order chi connectivity index (χ1) is 9.30. The Kier molecular flexibility index (Phi) is 6.16. The maximum Gasteiger partial charge on any atom is 0.246 e. The zero-order valence-electron chi connectivity index (χ0n) is 13.0. The molecule has 6 nitrogen and oxygen atoms in total. The molecule has 0 amide bonds. The molecular formula is C13H26N4O2S. The molecule has 1 aromatic rings. The van der Waals surface area contributed by atoms with E-state index in [9.17, 15) is 8.42 Å². The Morgan fingerprint density at radius 3 is 2.60 bits per heavy atom. The summed E-state index contributed by atoms with van der Waals surface area (Å²) in [5.41, 5.74) is 0. The first-order valence-corrected chi connectivity index (χ1v) is 8.39. The Morgan fingerprint density at radius 1 is 1.40 bits per heavy atom. The van der Waals surface area contributed by atoms with Gasteiger partial charge in [0.15, 0.2) is 0 Å². The predicted molar refractivity (Wildman–Crippen MR) is 80.0 cm³/mol. The smallest absolute Gasteiger partial charge is 0.246 e. The van der Waals surface area contributed by atoms with Crippen LogP contribution >= 0.6 is 0 Å². The van der Waals surface area contributed by atoms with Crippen LogP contribution in [0.15, 0.2) is 17.3 Å². The summed E-state index contributed by atoms with van der Waals surface area (Å²) in [6.07, 6.45) is 3.95. The molecule has 0 aliphatic carbocycles. The van der Waals surface area contributed by atoms with E-state index in [0.717, 1.165) is 13.0 Å². The summed E-state index contributed by atoms with van der Waals surface area (Å²) in [7, 11) is 0.0548. The van der Waals surface area contributed by atoms with Crippen LogP contribution in [0.2, 0.25) is 0 Å². The van der Waals surface area contributed by atoms with Gasteiger partial charge in [-0.3, -0.25) is 4.68 Å². The van der Waals surface area contributed by atoms with E-state index in [2.05, 4.69) is 10.4 Å². The number of rotatable bonds is 8. The largest absolute Gasteiger partial charge is 0.320 e. The fraction of sp³-hybridized carbons (Fsp3) is 0.769. The molecule has 20 heavy (non-hydrogen) atoms. The van der Waals surface area contributed by atoms with Crippen molar-refractivity contribution in [3.8, 4) is 0 Å². The van der Waals surface area contributed by atoms with Gasteiger partial charge in [-0.05, 0) is 32.9 Å². The molecule has 0 spiro atoms. The molecule has 1 rings (SSSR count). The molecule has 0 aliphatic heterocycles. The SMILES string of the molecule is CNCCCn1cc(S(=O)(=O)N(C)C(C)C(C)C)cn1. The van der Waals surface area contributed by atoms with Crippen LogP contribution < -0.4 is 5.32 Å². The van der Waals surface area contributed by atoms with Crippen molar-refractivity contribution in [1.82, 2.24) is 19.4 Å². The van der Waals surface area contributed by atoms with E-state index < -0.39 is 10.0 Å². The molecular weight excluding hydrogens is 276 g/mol. The van der Waals surface area contributed by atoms with Gasteiger partial charge in [-0.1, -0.05) is 13.8 Å². The third kappa shape index (κ3) is 4.04. The molecule has 0 bridgehead atoms. The maximum atomic E-state index is 12.5. The van der Waals surface area contributed by atoms with Gasteiger partial charge < -0.3 is 5.32 Å². The van der Waals surface area contributed by atoms with Crippen LogP contribution in [0.5, 0.6) is 0 Å². The first-order valence-electron chi connectivity index (χ1n) is 6.95. The molecule has 1 unspecified atom stereocenters. The highest BCUT2D eigenvalue weighted by molar-refractivity contribution is 7.89. The third-order valence-electron chi connectivity index (χ3n) is 3.64. The van der Waals surface area contributed by atoms with Gasteiger partial charge >= 0.3 is 0 Å². The van der Waals surface area contributed by atoms with E-state index in [1.807, 2.05) is 27.8 Å². The van der Waals surface area contributed by atoms with E-state index >= 15 is 0 Å². The lowest BCUT2D eigenvalue weighted by Crippen LogP contribution is -2.38. The number of hydrogen-bond donors (Lipinski definition) is 1. The van der Waals surface area contributed by atoms with Crippen LogP contribution in [0, 0.1) is 5.92 Å². The van der Waals surface area contributed by atoms with Crippen LogP contribution in [0.25, 0.3) is 0 Å². The van der Waals surface area contributed by atoms with Gasteiger partial charge in [-0.25, -0.2) is 8.42 Å². The average molecular weight is 302 g/mol. The summed E-state index contributed by atoms with van der Waals surface area (Å²) in [6, 6.07) is -0.0485. The number of nitrogens with one attached hydrogen (secondary N) is 1. The Hall–Kier alpha value is -0.920. The molecule has 1 atom stereocenters. The van der Waals surface area contributed by atoms with E-state index in [1.165, 1.54) is 10.5 Å². The molecule has 0 aromatic carbocycles.